The Morgan fingerprint density at radius 3 is 2.85 bits per heavy atom. The normalized spacial score (nSPS) is 30.1. The summed E-state index contributed by atoms with van der Waals surface area (Å²) in [4.78, 5) is 11.2. The predicted octanol–water partition coefficient (Wildman–Crippen LogP) is 0.0378. The molecule has 0 amide bonds. The van der Waals surface area contributed by atoms with Crippen LogP contribution in [0, 0.1) is 5.92 Å². The molecule has 3 atom stereocenters. The molecule has 0 aliphatic heterocycles. The second-order valence-corrected chi connectivity index (χ2v) is 3.50. The average Bonchev–Trinajstić information content (AvgIpc) is 2.51. The lowest BCUT2D eigenvalue weighted by molar-refractivity contribution is -0.146. The molecule has 0 spiro atoms. The van der Waals surface area contributed by atoms with E-state index in [9.17, 15) is 9.90 Å². The smallest absolute Gasteiger partial charge is 0.323 e. The SMILES string of the molecule is CCOC(=O)[C@H](N)[C@@H]1CC[C@H](O)C1. The van der Waals surface area contributed by atoms with E-state index in [-0.39, 0.29) is 18.0 Å². The van der Waals surface area contributed by atoms with Gasteiger partial charge in [-0.3, -0.25) is 4.79 Å². The number of hydrogen-bond donors (Lipinski definition) is 2. The topological polar surface area (TPSA) is 72.5 Å². The highest BCUT2D eigenvalue weighted by Crippen LogP contribution is 2.27. The fourth-order valence-electron chi connectivity index (χ4n) is 1.75. The van der Waals surface area contributed by atoms with Crippen LogP contribution in [0.3, 0.4) is 0 Å². The third-order valence-electron chi connectivity index (χ3n) is 2.51. The monoisotopic (exact) mass is 187 g/mol. The summed E-state index contributed by atoms with van der Waals surface area (Å²) in [6.07, 6.45) is 1.91. The summed E-state index contributed by atoms with van der Waals surface area (Å²) in [5.74, 6) is -0.254. The van der Waals surface area contributed by atoms with Crippen molar-refractivity contribution in [3.8, 4) is 0 Å². The van der Waals surface area contributed by atoms with E-state index in [0.29, 0.717) is 13.0 Å². The molecule has 0 unspecified atom stereocenters. The van der Waals surface area contributed by atoms with Gasteiger partial charge in [-0.15, -0.1) is 0 Å². The van der Waals surface area contributed by atoms with Crippen molar-refractivity contribution in [2.45, 2.75) is 38.3 Å². The molecule has 1 aliphatic carbocycles. The largest absolute Gasteiger partial charge is 0.465 e. The number of carbonyl (C=O) groups is 1. The summed E-state index contributed by atoms with van der Waals surface area (Å²) in [5.41, 5.74) is 5.69. The van der Waals surface area contributed by atoms with Gasteiger partial charge in [0.25, 0.3) is 0 Å². The number of aliphatic hydroxyl groups excluding tert-OH is 1. The third kappa shape index (κ3) is 2.67. The van der Waals surface area contributed by atoms with Crippen molar-refractivity contribution >= 4 is 5.97 Å². The van der Waals surface area contributed by atoms with E-state index in [1.54, 1.807) is 6.92 Å². The molecule has 1 saturated carbocycles. The van der Waals surface area contributed by atoms with Crippen LogP contribution in [-0.2, 0) is 9.53 Å². The highest BCUT2D eigenvalue weighted by molar-refractivity contribution is 5.75. The van der Waals surface area contributed by atoms with Crippen LogP contribution in [0.25, 0.3) is 0 Å². The molecule has 0 radical (unpaired) electrons. The minimum Gasteiger partial charge on any atom is -0.465 e. The summed E-state index contributed by atoms with van der Waals surface area (Å²) >= 11 is 0. The van der Waals surface area contributed by atoms with Crippen molar-refractivity contribution < 1.29 is 14.6 Å². The van der Waals surface area contributed by atoms with Crippen molar-refractivity contribution in [2.75, 3.05) is 6.61 Å². The minimum absolute atomic E-state index is 0.0917. The van der Waals surface area contributed by atoms with Crippen LogP contribution in [0.15, 0.2) is 0 Å². The third-order valence-corrected chi connectivity index (χ3v) is 2.51. The molecule has 4 nitrogen and oxygen atoms in total. The predicted molar refractivity (Wildman–Crippen MR) is 48.0 cm³/mol. The Balaban J connectivity index is 2.38. The van der Waals surface area contributed by atoms with Gasteiger partial charge >= 0.3 is 5.97 Å². The summed E-state index contributed by atoms with van der Waals surface area (Å²) in [6.45, 7) is 2.12. The van der Waals surface area contributed by atoms with E-state index >= 15 is 0 Å². The Bertz CT molecular complexity index is 184. The van der Waals surface area contributed by atoms with Gasteiger partial charge in [-0.25, -0.2) is 0 Å². The second-order valence-electron chi connectivity index (χ2n) is 3.50. The number of rotatable bonds is 3. The summed E-state index contributed by atoms with van der Waals surface area (Å²) < 4.78 is 4.81. The maximum Gasteiger partial charge on any atom is 0.323 e. The Labute approximate surface area is 78.1 Å². The summed E-state index contributed by atoms with van der Waals surface area (Å²) in [6, 6.07) is -0.558. The van der Waals surface area contributed by atoms with Crippen molar-refractivity contribution in [1.29, 1.82) is 0 Å². The van der Waals surface area contributed by atoms with Crippen LogP contribution in [0.4, 0.5) is 0 Å². The van der Waals surface area contributed by atoms with E-state index in [4.69, 9.17) is 10.5 Å². The van der Waals surface area contributed by atoms with Crippen LogP contribution in [0.5, 0.6) is 0 Å². The highest BCUT2D eigenvalue weighted by atomic mass is 16.5. The number of ether oxygens (including phenoxy) is 1. The maximum atomic E-state index is 11.2. The number of hydrogen-bond acceptors (Lipinski definition) is 4. The van der Waals surface area contributed by atoms with Crippen LogP contribution < -0.4 is 5.73 Å². The van der Waals surface area contributed by atoms with Crippen LogP contribution in [-0.4, -0.2) is 29.8 Å². The van der Waals surface area contributed by atoms with Gasteiger partial charge in [0.15, 0.2) is 0 Å². The van der Waals surface area contributed by atoms with Crippen LogP contribution >= 0.6 is 0 Å². The lowest BCUT2D eigenvalue weighted by atomic mass is 9.99. The van der Waals surface area contributed by atoms with E-state index in [1.165, 1.54) is 0 Å². The summed E-state index contributed by atoms with van der Waals surface area (Å²) in [5, 5.41) is 9.25. The number of carbonyl (C=O) groups excluding carboxylic acids is 1. The van der Waals surface area contributed by atoms with Gasteiger partial charge < -0.3 is 15.6 Å². The van der Waals surface area contributed by atoms with E-state index in [0.717, 1.165) is 12.8 Å². The van der Waals surface area contributed by atoms with Crippen molar-refractivity contribution in [1.82, 2.24) is 0 Å². The molecular weight excluding hydrogens is 170 g/mol. The molecule has 1 aliphatic rings. The molecule has 3 N–H and O–H groups in total. The first-order valence-corrected chi connectivity index (χ1v) is 4.75. The lowest BCUT2D eigenvalue weighted by Crippen LogP contribution is -2.38. The Hall–Kier alpha value is -0.610. The van der Waals surface area contributed by atoms with E-state index in [1.807, 2.05) is 0 Å². The first-order valence-electron chi connectivity index (χ1n) is 4.75. The molecule has 0 aromatic rings. The van der Waals surface area contributed by atoms with Gasteiger partial charge in [0.05, 0.1) is 12.7 Å². The molecule has 0 heterocycles. The van der Waals surface area contributed by atoms with E-state index < -0.39 is 6.04 Å². The van der Waals surface area contributed by atoms with Crippen molar-refractivity contribution in [3.05, 3.63) is 0 Å². The Morgan fingerprint density at radius 1 is 1.69 bits per heavy atom. The quantitative estimate of drug-likeness (QED) is 0.612. The molecule has 0 saturated heterocycles. The fraction of sp³-hybridized carbons (Fsp3) is 0.889. The van der Waals surface area contributed by atoms with Gasteiger partial charge in [0.1, 0.15) is 6.04 Å². The number of aliphatic hydroxyl groups is 1. The van der Waals surface area contributed by atoms with Gasteiger partial charge in [0.2, 0.25) is 0 Å². The lowest BCUT2D eigenvalue weighted by Gasteiger charge is -2.16. The van der Waals surface area contributed by atoms with Gasteiger partial charge in [-0.2, -0.15) is 0 Å². The zero-order chi connectivity index (χ0) is 9.84. The minimum atomic E-state index is -0.558. The van der Waals surface area contributed by atoms with E-state index in [2.05, 4.69) is 0 Å². The zero-order valence-electron chi connectivity index (χ0n) is 7.90. The fourth-order valence-corrected chi connectivity index (χ4v) is 1.75. The van der Waals surface area contributed by atoms with Crippen molar-refractivity contribution in [3.63, 3.8) is 0 Å². The zero-order valence-corrected chi connectivity index (χ0v) is 7.90. The molecule has 1 rings (SSSR count). The van der Waals surface area contributed by atoms with Gasteiger partial charge in [-0.05, 0) is 32.1 Å². The summed E-state index contributed by atoms with van der Waals surface area (Å²) in [7, 11) is 0. The highest BCUT2D eigenvalue weighted by Gasteiger charge is 2.32. The van der Waals surface area contributed by atoms with Crippen molar-refractivity contribution in [2.24, 2.45) is 11.7 Å². The molecule has 76 valence electrons. The number of nitrogens with two attached hydrogens (primary N) is 1. The Kier molecular flexibility index (Phi) is 3.69. The molecule has 4 heteroatoms. The standard InChI is InChI=1S/C9H17NO3/c1-2-13-9(12)8(10)6-3-4-7(11)5-6/h6-8,11H,2-5,10H2,1H3/t6-,7+,8-/m1/s1. The molecule has 0 aromatic heterocycles. The van der Waals surface area contributed by atoms with Crippen LogP contribution in [0.2, 0.25) is 0 Å². The second kappa shape index (κ2) is 4.58. The van der Waals surface area contributed by atoms with Gasteiger partial charge in [-0.1, -0.05) is 0 Å². The molecule has 0 bridgehead atoms. The molecule has 1 fully saturated rings. The molecule has 13 heavy (non-hydrogen) atoms. The maximum absolute atomic E-state index is 11.2. The molecular formula is C9H17NO3. The first-order chi connectivity index (χ1) is 6.15. The Morgan fingerprint density at radius 2 is 2.38 bits per heavy atom. The average molecular weight is 187 g/mol. The number of esters is 1. The first kappa shape index (κ1) is 10.5. The van der Waals surface area contributed by atoms with Crippen LogP contribution in [0.1, 0.15) is 26.2 Å². The molecule has 0 aromatic carbocycles. The van der Waals surface area contributed by atoms with Gasteiger partial charge in [0, 0.05) is 0 Å².